The Kier molecular flexibility index (Phi) is 4.28. The molecule has 1 aromatic carbocycles. The van der Waals surface area contributed by atoms with E-state index >= 15 is 0 Å². The Balaban J connectivity index is 1.70. The molecule has 2 heterocycles. The van der Waals surface area contributed by atoms with Crippen LogP contribution in [0.4, 0.5) is 6.01 Å². The quantitative estimate of drug-likeness (QED) is 0.773. The number of aromatic nitrogens is 4. The van der Waals surface area contributed by atoms with Gasteiger partial charge in [-0.05, 0) is 44.2 Å². The van der Waals surface area contributed by atoms with E-state index in [0.717, 1.165) is 5.69 Å². The number of carbonyl (C=O) groups excluding carboxylic acids is 1. The molecule has 0 aliphatic heterocycles. The highest BCUT2D eigenvalue weighted by molar-refractivity contribution is 6.03. The number of anilines is 1. The van der Waals surface area contributed by atoms with E-state index in [0.29, 0.717) is 23.6 Å². The average molecular weight is 327 g/mol. The van der Waals surface area contributed by atoms with Gasteiger partial charge in [-0.15, -0.1) is 5.10 Å². The fourth-order valence-corrected chi connectivity index (χ4v) is 2.08. The molecule has 24 heavy (non-hydrogen) atoms. The first-order valence-corrected chi connectivity index (χ1v) is 7.45. The highest BCUT2D eigenvalue weighted by Crippen LogP contribution is 2.20. The smallest absolute Gasteiger partial charge is 0.322 e. The number of benzene rings is 1. The van der Waals surface area contributed by atoms with E-state index in [1.54, 1.807) is 28.9 Å². The number of hydrogen-bond donors (Lipinski definition) is 1. The molecule has 8 heteroatoms. The standard InChI is InChI=1S/C16H17N5O3/c1-4-23-12-7-5-11(6-8-12)14(22)17-16-19-18-15(24-16)13-9-10(2)21(3)20-13/h5-9H,4H2,1-3H3,(H,17,19,22). The van der Waals surface area contributed by atoms with Crippen LogP contribution in [0.15, 0.2) is 34.7 Å². The van der Waals surface area contributed by atoms with Crippen molar-refractivity contribution in [3.8, 4) is 17.3 Å². The van der Waals surface area contributed by atoms with E-state index in [-0.39, 0.29) is 17.8 Å². The van der Waals surface area contributed by atoms with Crippen molar-refractivity contribution < 1.29 is 13.9 Å². The van der Waals surface area contributed by atoms with Crippen LogP contribution in [-0.4, -0.2) is 32.5 Å². The second kappa shape index (κ2) is 6.53. The summed E-state index contributed by atoms with van der Waals surface area (Å²) in [5.74, 6) is 0.616. The van der Waals surface area contributed by atoms with E-state index in [2.05, 4.69) is 20.6 Å². The molecule has 1 amide bonds. The van der Waals surface area contributed by atoms with Gasteiger partial charge in [-0.2, -0.15) is 5.10 Å². The van der Waals surface area contributed by atoms with Gasteiger partial charge in [-0.1, -0.05) is 5.10 Å². The zero-order valence-corrected chi connectivity index (χ0v) is 13.6. The largest absolute Gasteiger partial charge is 0.494 e. The van der Waals surface area contributed by atoms with Crippen LogP contribution in [0.3, 0.4) is 0 Å². The Morgan fingerprint density at radius 1 is 1.29 bits per heavy atom. The molecule has 0 aliphatic carbocycles. The zero-order chi connectivity index (χ0) is 17.1. The molecule has 3 aromatic rings. The number of nitrogens with zero attached hydrogens (tertiary/aromatic N) is 4. The predicted molar refractivity (Wildman–Crippen MR) is 86.8 cm³/mol. The lowest BCUT2D eigenvalue weighted by Gasteiger charge is -2.04. The molecule has 124 valence electrons. The summed E-state index contributed by atoms with van der Waals surface area (Å²) in [4.78, 5) is 12.2. The summed E-state index contributed by atoms with van der Waals surface area (Å²) in [5, 5.41) is 14.5. The highest BCUT2D eigenvalue weighted by Gasteiger charge is 2.15. The van der Waals surface area contributed by atoms with Crippen molar-refractivity contribution in [2.75, 3.05) is 11.9 Å². The zero-order valence-electron chi connectivity index (χ0n) is 13.6. The number of carbonyl (C=O) groups is 1. The summed E-state index contributed by atoms with van der Waals surface area (Å²) < 4.78 is 12.5. The molecule has 0 spiro atoms. The van der Waals surface area contributed by atoms with Crippen molar-refractivity contribution in [3.63, 3.8) is 0 Å². The number of amides is 1. The minimum absolute atomic E-state index is 0.0205. The number of rotatable bonds is 5. The van der Waals surface area contributed by atoms with Crippen molar-refractivity contribution in [2.24, 2.45) is 7.05 Å². The number of aryl methyl sites for hydroxylation is 2. The second-order valence-corrected chi connectivity index (χ2v) is 5.12. The van der Waals surface area contributed by atoms with Crippen LogP contribution >= 0.6 is 0 Å². The molecule has 2 aromatic heterocycles. The molecule has 0 saturated heterocycles. The van der Waals surface area contributed by atoms with Crippen LogP contribution < -0.4 is 10.1 Å². The van der Waals surface area contributed by atoms with Gasteiger partial charge >= 0.3 is 6.01 Å². The van der Waals surface area contributed by atoms with Gasteiger partial charge in [0.05, 0.1) is 6.61 Å². The Morgan fingerprint density at radius 2 is 2.04 bits per heavy atom. The fourth-order valence-electron chi connectivity index (χ4n) is 2.08. The van der Waals surface area contributed by atoms with Gasteiger partial charge in [0.1, 0.15) is 11.4 Å². The summed E-state index contributed by atoms with van der Waals surface area (Å²) in [6.07, 6.45) is 0. The minimum Gasteiger partial charge on any atom is -0.494 e. The van der Waals surface area contributed by atoms with E-state index < -0.39 is 0 Å². The molecule has 3 rings (SSSR count). The van der Waals surface area contributed by atoms with Crippen molar-refractivity contribution in [1.29, 1.82) is 0 Å². The molecule has 0 radical (unpaired) electrons. The third-order valence-corrected chi connectivity index (χ3v) is 3.41. The third kappa shape index (κ3) is 3.27. The molecule has 0 bridgehead atoms. The first-order chi connectivity index (χ1) is 11.6. The maximum absolute atomic E-state index is 12.2. The highest BCUT2D eigenvalue weighted by atomic mass is 16.5. The second-order valence-electron chi connectivity index (χ2n) is 5.12. The van der Waals surface area contributed by atoms with E-state index in [4.69, 9.17) is 9.15 Å². The summed E-state index contributed by atoms with van der Waals surface area (Å²) >= 11 is 0. The number of nitrogens with one attached hydrogen (secondary N) is 1. The maximum atomic E-state index is 12.2. The topological polar surface area (TPSA) is 95.1 Å². The van der Waals surface area contributed by atoms with Crippen LogP contribution in [0.1, 0.15) is 23.0 Å². The van der Waals surface area contributed by atoms with Gasteiger partial charge in [0.15, 0.2) is 0 Å². The summed E-state index contributed by atoms with van der Waals surface area (Å²) in [5.41, 5.74) is 1.99. The minimum atomic E-state index is -0.342. The van der Waals surface area contributed by atoms with Crippen molar-refractivity contribution >= 4 is 11.9 Å². The molecule has 1 N–H and O–H groups in total. The van der Waals surface area contributed by atoms with Gasteiger partial charge in [0, 0.05) is 18.3 Å². The van der Waals surface area contributed by atoms with Crippen LogP contribution in [0.25, 0.3) is 11.6 Å². The van der Waals surface area contributed by atoms with Gasteiger partial charge in [-0.25, -0.2) is 0 Å². The summed E-state index contributed by atoms with van der Waals surface area (Å²) in [6.45, 7) is 4.39. The Morgan fingerprint density at radius 3 is 2.67 bits per heavy atom. The normalized spacial score (nSPS) is 10.6. The fraction of sp³-hybridized carbons (Fsp3) is 0.250. The Hall–Kier alpha value is -3.16. The first-order valence-electron chi connectivity index (χ1n) is 7.45. The number of ether oxygens (including phenoxy) is 1. The summed E-state index contributed by atoms with van der Waals surface area (Å²) in [7, 11) is 1.82. The van der Waals surface area contributed by atoms with Gasteiger partial charge in [0.25, 0.3) is 11.8 Å². The van der Waals surface area contributed by atoms with Gasteiger partial charge in [-0.3, -0.25) is 14.8 Å². The maximum Gasteiger partial charge on any atom is 0.322 e. The molecule has 8 nitrogen and oxygen atoms in total. The van der Waals surface area contributed by atoms with Crippen LogP contribution in [0.5, 0.6) is 5.75 Å². The van der Waals surface area contributed by atoms with Crippen molar-refractivity contribution in [1.82, 2.24) is 20.0 Å². The molecular formula is C16H17N5O3. The third-order valence-electron chi connectivity index (χ3n) is 3.41. The van der Waals surface area contributed by atoms with Crippen LogP contribution in [0, 0.1) is 6.92 Å². The Bertz CT molecular complexity index is 831. The lowest BCUT2D eigenvalue weighted by atomic mass is 10.2. The summed E-state index contributed by atoms with van der Waals surface area (Å²) in [6, 6.07) is 8.64. The predicted octanol–water partition coefficient (Wildman–Crippen LogP) is 2.43. The average Bonchev–Trinajstić information content (AvgIpc) is 3.16. The van der Waals surface area contributed by atoms with Crippen LogP contribution in [0.2, 0.25) is 0 Å². The molecule has 0 saturated carbocycles. The van der Waals surface area contributed by atoms with Crippen molar-refractivity contribution in [3.05, 3.63) is 41.6 Å². The Labute approximate surface area is 138 Å². The lowest BCUT2D eigenvalue weighted by Crippen LogP contribution is -2.12. The molecular weight excluding hydrogens is 310 g/mol. The van der Waals surface area contributed by atoms with E-state index in [9.17, 15) is 4.79 Å². The first kappa shape index (κ1) is 15.7. The van der Waals surface area contributed by atoms with E-state index in [1.807, 2.05) is 27.0 Å². The number of hydrogen-bond acceptors (Lipinski definition) is 6. The lowest BCUT2D eigenvalue weighted by molar-refractivity contribution is 0.102. The monoisotopic (exact) mass is 327 g/mol. The molecule has 0 atom stereocenters. The molecule has 0 aliphatic rings. The molecule has 0 fully saturated rings. The van der Waals surface area contributed by atoms with Crippen molar-refractivity contribution in [2.45, 2.75) is 13.8 Å². The van der Waals surface area contributed by atoms with Gasteiger partial charge in [0.2, 0.25) is 0 Å². The SMILES string of the molecule is CCOc1ccc(C(=O)Nc2nnc(-c3cc(C)n(C)n3)o2)cc1. The van der Waals surface area contributed by atoms with E-state index in [1.165, 1.54) is 0 Å². The van der Waals surface area contributed by atoms with Gasteiger partial charge < -0.3 is 9.15 Å². The molecule has 0 unspecified atom stereocenters. The van der Waals surface area contributed by atoms with Crippen LogP contribution in [-0.2, 0) is 7.05 Å².